The van der Waals surface area contributed by atoms with Gasteiger partial charge in [-0.05, 0) is 123 Å². The first-order chi connectivity index (χ1) is 37.3. The van der Waals surface area contributed by atoms with Crippen molar-refractivity contribution in [1.82, 2.24) is 54.6 Å². The van der Waals surface area contributed by atoms with Gasteiger partial charge in [0.05, 0.1) is 18.0 Å². The second-order valence-electron chi connectivity index (χ2n) is 14.5. The summed E-state index contributed by atoms with van der Waals surface area (Å²) in [6.07, 6.45) is 28.7. The summed E-state index contributed by atoms with van der Waals surface area (Å²) in [5.74, 6) is 0. The minimum Gasteiger partial charge on any atom is -0.464 e. The SMILES string of the molecule is c1ccc2[nH]ccc2c1.c1ccc2cnccc2c1.c1ccc2ncccc2c1.c1ccc2occc2c1.c1ccc2sccc2c1.c1ccnnc1.c1cnccn1.c1cncnc1.c1cnoc1.c1cnsc1. The zero-order valence-corrected chi connectivity index (χ0v) is 42.1. The number of rotatable bonds is 0. The minimum atomic E-state index is 0.956. The molecule has 0 atom stereocenters. The molecule has 370 valence electrons. The van der Waals surface area contributed by atoms with E-state index in [0.717, 1.165) is 16.5 Å². The van der Waals surface area contributed by atoms with Crippen LogP contribution in [0.4, 0.5) is 0 Å². The van der Waals surface area contributed by atoms with Gasteiger partial charge >= 0.3 is 0 Å². The average molecular weight is 1020 g/mol. The van der Waals surface area contributed by atoms with Crippen LogP contribution in [0.3, 0.4) is 0 Å². The fraction of sp³-hybridized carbons (Fsp3) is 0. The molecule has 0 saturated heterocycles. The second kappa shape index (κ2) is 35.2. The Hall–Kier alpha value is -9.96. The van der Waals surface area contributed by atoms with Crippen LogP contribution >= 0.6 is 22.9 Å². The van der Waals surface area contributed by atoms with Crippen LogP contribution in [0, 0.1) is 0 Å². The Bertz CT molecular complexity index is 3000. The van der Waals surface area contributed by atoms with Gasteiger partial charge in [-0.2, -0.15) is 10.2 Å². The molecule has 0 aliphatic carbocycles. The molecule has 0 radical (unpaired) electrons. The van der Waals surface area contributed by atoms with E-state index in [4.69, 9.17) is 4.42 Å². The second-order valence-corrected chi connectivity index (χ2v) is 16.1. The zero-order valence-electron chi connectivity index (χ0n) is 40.5. The van der Waals surface area contributed by atoms with Gasteiger partial charge in [0.2, 0.25) is 0 Å². The Morgan fingerprint density at radius 3 is 1.63 bits per heavy atom. The molecule has 1 N–H and O–H groups in total. The number of hydrogen-bond donors (Lipinski definition) is 1. The maximum Gasteiger partial charge on any atom is 0.133 e. The Morgan fingerprint density at radius 1 is 0.387 bits per heavy atom. The number of hydrogen-bond acceptors (Lipinski definition) is 14. The molecule has 0 spiro atoms. The fourth-order valence-corrected chi connectivity index (χ4v) is 7.10. The first kappa shape index (κ1) is 54.4. The highest BCUT2D eigenvalue weighted by Gasteiger charge is 1.91. The molecule has 0 aliphatic heterocycles. The highest BCUT2D eigenvalue weighted by molar-refractivity contribution is 7.17. The first-order valence-corrected chi connectivity index (χ1v) is 24.8. The van der Waals surface area contributed by atoms with E-state index < -0.39 is 0 Å². The van der Waals surface area contributed by atoms with E-state index >= 15 is 0 Å². The molecule has 0 saturated carbocycles. The number of benzene rings is 5. The lowest BCUT2D eigenvalue weighted by Gasteiger charge is -1.91. The summed E-state index contributed by atoms with van der Waals surface area (Å²) in [5.41, 5.74) is 3.22. The third kappa shape index (κ3) is 22.3. The first-order valence-electron chi connectivity index (χ1n) is 23.1. The summed E-state index contributed by atoms with van der Waals surface area (Å²) in [5, 5.41) is 21.9. The third-order valence-electron chi connectivity index (χ3n) is 9.38. The summed E-state index contributed by atoms with van der Waals surface area (Å²) in [4.78, 5) is 26.1. The van der Waals surface area contributed by atoms with Crippen LogP contribution < -0.4 is 0 Å². The van der Waals surface area contributed by atoms with Gasteiger partial charge in [0, 0.05) is 107 Å². The Balaban J connectivity index is 0.000000137. The number of H-pyrrole nitrogens is 1. The number of para-hydroxylation sites is 3. The standard InChI is InChI=1S/2C9H7N.C8H7N.C8H6O.C8H6S.3C4H4N2.C3H3NO.C3H3NS/c1-2-6-9-8(4-1)5-3-7-10-9;1-2-4-9-7-10-6-5-8(9)3-1;3*1-2-4-8-7(3-1)5-6-9-8;1-2-6-4-3-5-1;1-2-5-4-6-3-1;1-2-4-6-5-3-1;2*1-2-4-5-3-1/h2*1-7H;1-6,9H;2*1-6H;3*1-4H;2*1-3H. The fourth-order valence-electron chi connectivity index (χ4n) is 5.96. The summed E-state index contributed by atoms with van der Waals surface area (Å²) in [6.45, 7) is 0. The highest BCUT2D eigenvalue weighted by atomic mass is 32.1. The van der Waals surface area contributed by atoms with Crippen LogP contribution in [-0.2, 0) is 0 Å². The molecule has 15 aromatic rings. The van der Waals surface area contributed by atoms with Gasteiger partial charge in [-0.1, -0.05) is 108 Å². The van der Waals surface area contributed by atoms with Gasteiger partial charge in [-0.15, -0.1) is 11.3 Å². The van der Waals surface area contributed by atoms with E-state index in [9.17, 15) is 0 Å². The van der Waals surface area contributed by atoms with Crippen molar-refractivity contribution in [2.75, 3.05) is 0 Å². The summed E-state index contributed by atoms with van der Waals surface area (Å²) >= 11 is 3.25. The van der Waals surface area contributed by atoms with Gasteiger partial charge < -0.3 is 13.9 Å². The number of furan rings is 1. The molecular formula is C60H51N11O2S2. The molecule has 0 unspecified atom stereocenters. The maximum atomic E-state index is 5.12. The number of nitrogens with zero attached hydrogens (tertiary/aromatic N) is 10. The van der Waals surface area contributed by atoms with E-state index in [1.165, 1.54) is 61.3 Å². The lowest BCUT2D eigenvalue weighted by Crippen LogP contribution is -1.73. The van der Waals surface area contributed by atoms with Crippen LogP contribution in [0.2, 0.25) is 0 Å². The molecule has 5 aromatic carbocycles. The molecule has 10 heterocycles. The molecule has 0 amide bonds. The molecule has 0 aliphatic rings. The van der Waals surface area contributed by atoms with Crippen LogP contribution in [0.5, 0.6) is 0 Å². The molecule has 15 rings (SSSR count). The zero-order chi connectivity index (χ0) is 51.7. The topological polar surface area (TPSA) is 171 Å². The van der Waals surface area contributed by atoms with Crippen LogP contribution in [0.1, 0.15) is 0 Å². The van der Waals surface area contributed by atoms with Gasteiger partial charge in [-0.25, -0.2) is 14.3 Å². The summed E-state index contributed by atoms with van der Waals surface area (Å²) in [7, 11) is 0. The molecule has 13 nitrogen and oxygen atoms in total. The molecule has 0 fully saturated rings. The van der Waals surface area contributed by atoms with E-state index in [0.29, 0.717) is 0 Å². The van der Waals surface area contributed by atoms with Gasteiger partial charge in [0.15, 0.2) is 0 Å². The number of pyridine rings is 2. The lowest BCUT2D eigenvalue weighted by atomic mass is 10.2. The molecule has 10 aromatic heterocycles. The average Bonchev–Trinajstić information content (AvgIpc) is 4.39. The maximum absolute atomic E-state index is 5.12. The minimum absolute atomic E-state index is 0.956. The van der Waals surface area contributed by atoms with Crippen molar-refractivity contribution in [1.29, 1.82) is 0 Å². The van der Waals surface area contributed by atoms with Crippen molar-refractivity contribution in [2.45, 2.75) is 0 Å². The van der Waals surface area contributed by atoms with Crippen molar-refractivity contribution in [2.24, 2.45) is 0 Å². The van der Waals surface area contributed by atoms with Crippen LogP contribution in [0.25, 0.3) is 53.6 Å². The Labute approximate surface area is 442 Å². The van der Waals surface area contributed by atoms with Crippen molar-refractivity contribution < 1.29 is 8.94 Å². The van der Waals surface area contributed by atoms with Crippen molar-refractivity contribution >= 4 is 76.5 Å². The van der Waals surface area contributed by atoms with Crippen molar-refractivity contribution in [3.05, 3.63) is 304 Å². The summed E-state index contributed by atoms with van der Waals surface area (Å²) < 4.78 is 14.6. The lowest BCUT2D eigenvalue weighted by molar-refractivity contribution is 0.420. The van der Waals surface area contributed by atoms with E-state index in [1.54, 1.807) is 91.7 Å². The number of fused-ring (bicyclic) bond motifs is 5. The predicted octanol–water partition coefficient (Wildman–Crippen LogP) is 15.2. The van der Waals surface area contributed by atoms with Gasteiger partial charge in [0.1, 0.15) is 18.2 Å². The predicted molar refractivity (Wildman–Crippen MR) is 305 cm³/mol. The number of thiophene rings is 1. The number of aromatic amines is 1. The number of nitrogens with one attached hydrogen (secondary N) is 1. The molecular weight excluding hydrogens is 971 g/mol. The molecule has 75 heavy (non-hydrogen) atoms. The van der Waals surface area contributed by atoms with E-state index in [2.05, 4.69) is 137 Å². The van der Waals surface area contributed by atoms with Crippen molar-refractivity contribution in [3.63, 3.8) is 0 Å². The van der Waals surface area contributed by atoms with E-state index in [-0.39, 0.29) is 0 Å². The smallest absolute Gasteiger partial charge is 0.133 e. The quantitative estimate of drug-likeness (QED) is 0.153. The molecule has 0 bridgehead atoms. The highest BCUT2D eigenvalue weighted by Crippen LogP contribution is 2.19. The van der Waals surface area contributed by atoms with Crippen LogP contribution in [0.15, 0.2) is 313 Å². The Kier molecular flexibility index (Phi) is 25.5. The summed E-state index contributed by atoms with van der Waals surface area (Å²) in [6, 6.07) is 62.1. The van der Waals surface area contributed by atoms with E-state index in [1.807, 2.05) is 133 Å². The molecule has 15 heteroatoms. The number of aromatic nitrogens is 11. The third-order valence-corrected chi connectivity index (χ3v) is 10.8. The monoisotopic (exact) mass is 1020 g/mol. The van der Waals surface area contributed by atoms with Crippen molar-refractivity contribution in [3.8, 4) is 0 Å². The van der Waals surface area contributed by atoms with Gasteiger partial charge in [0.25, 0.3) is 0 Å². The van der Waals surface area contributed by atoms with Gasteiger partial charge in [-0.3, -0.25) is 19.9 Å². The normalized spacial score (nSPS) is 9.33. The van der Waals surface area contributed by atoms with Crippen LogP contribution in [-0.4, -0.2) is 54.6 Å². The largest absolute Gasteiger partial charge is 0.464 e. The Morgan fingerprint density at radius 2 is 1.07 bits per heavy atom.